The number of pyridine rings is 1. The first-order chi connectivity index (χ1) is 13.2. The molecule has 1 saturated heterocycles. The number of rotatable bonds is 4. The van der Waals surface area contributed by atoms with E-state index in [2.05, 4.69) is 20.9 Å². The molecule has 0 bridgehead atoms. The van der Waals surface area contributed by atoms with Gasteiger partial charge in [0, 0.05) is 41.7 Å². The molecule has 0 radical (unpaired) electrons. The standard InChI is InChI=1S/C18H16BrClF3N3OS/c19-13-1-3-14(4-2-13)28-11-16(27)25-5-7-26(8-6-25)17-15(20)9-12(10-24-17)18(21,22)23/h1-4,9-10H,5-8,11H2. The van der Waals surface area contributed by atoms with Gasteiger partial charge in [-0.25, -0.2) is 4.98 Å². The summed E-state index contributed by atoms with van der Waals surface area (Å²) < 4.78 is 39.2. The van der Waals surface area contributed by atoms with Crippen molar-refractivity contribution < 1.29 is 18.0 Å². The maximum absolute atomic E-state index is 12.7. The summed E-state index contributed by atoms with van der Waals surface area (Å²) in [6, 6.07) is 8.62. The van der Waals surface area contributed by atoms with Gasteiger partial charge in [-0.05, 0) is 30.3 Å². The van der Waals surface area contributed by atoms with Crippen LogP contribution in [0.2, 0.25) is 5.02 Å². The smallest absolute Gasteiger partial charge is 0.352 e. The van der Waals surface area contributed by atoms with Gasteiger partial charge in [0.25, 0.3) is 0 Å². The summed E-state index contributed by atoms with van der Waals surface area (Å²) in [6.07, 6.45) is -3.69. The summed E-state index contributed by atoms with van der Waals surface area (Å²) in [5, 5.41) is -0.0413. The number of aromatic nitrogens is 1. The fourth-order valence-electron chi connectivity index (χ4n) is 2.75. The Balaban J connectivity index is 1.54. The second-order valence-corrected chi connectivity index (χ2v) is 8.51. The monoisotopic (exact) mass is 493 g/mol. The molecule has 0 aliphatic carbocycles. The van der Waals surface area contributed by atoms with E-state index in [0.29, 0.717) is 37.7 Å². The van der Waals surface area contributed by atoms with Gasteiger partial charge in [-0.15, -0.1) is 11.8 Å². The summed E-state index contributed by atoms with van der Waals surface area (Å²) in [4.78, 5) is 20.9. The lowest BCUT2D eigenvalue weighted by Crippen LogP contribution is -2.49. The van der Waals surface area contributed by atoms with Crippen molar-refractivity contribution in [2.45, 2.75) is 11.1 Å². The van der Waals surface area contributed by atoms with E-state index in [9.17, 15) is 18.0 Å². The third-order valence-corrected chi connectivity index (χ3v) is 6.06. The summed E-state index contributed by atoms with van der Waals surface area (Å²) >= 11 is 10.8. The first-order valence-corrected chi connectivity index (χ1v) is 10.5. The van der Waals surface area contributed by atoms with E-state index in [4.69, 9.17) is 11.6 Å². The molecule has 1 amide bonds. The highest BCUT2D eigenvalue weighted by atomic mass is 79.9. The van der Waals surface area contributed by atoms with E-state index in [-0.39, 0.29) is 10.9 Å². The van der Waals surface area contributed by atoms with Crippen molar-refractivity contribution >= 4 is 51.0 Å². The number of hydrogen-bond acceptors (Lipinski definition) is 4. The third-order valence-electron chi connectivity index (χ3n) is 4.26. The Bertz CT molecular complexity index is 843. The molecule has 0 saturated carbocycles. The minimum absolute atomic E-state index is 0.0269. The molecule has 0 N–H and O–H groups in total. The molecule has 4 nitrogen and oxygen atoms in total. The van der Waals surface area contributed by atoms with Gasteiger partial charge in [0.2, 0.25) is 5.91 Å². The third kappa shape index (κ3) is 5.33. The van der Waals surface area contributed by atoms with Gasteiger partial charge in [0.1, 0.15) is 5.82 Å². The molecule has 1 aliphatic heterocycles. The van der Waals surface area contributed by atoms with E-state index < -0.39 is 11.7 Å². The van der Waals surface area contributed by atoms with Crippen LogP contribution in [-0.2, 0) is 11.0 Å². The Hall–Kier alpha value is -1.45. The van der Waals surface area contributed by atoms with Gasteiger partial charge in [0.05, 0.1) is 16.3 Å². The molecule has 1 aromatic heterocycles. The molecule has 0 unspecified atom stereocenters. The minimum Gasteiger partial charge on any atom is -0.352 e. The maximum atomic E-state index is 12.7. The number of carbonyl (C=O) groups is 1. The average molecular weight is 495 g/mol. The highest BCUT2D eigenvalue weighted by Gasteiger charge is 2.32. The van der Waals surface area contributed by atoms with E-state index in [1.54, 1.807) is 9.80 Å². The predicted octanol–water partition coefficient (Wildman–Crippen LogP) is 4.96. The highest BCUT2D eigenvalue weighted by molar-refractivity contribution is 9.10. The van der Waals surface area contributed by atoms with Crippen LogP contribution in [-0.4, -0.2) is 47.7 Å². The van der Waals surface area contributed by atoms with Crippen LogP contribution in [0, 0.1) is 0 Å². The number of amides is 1. The molecule has 150 valence electrons. The fraction of sp³-hybridized carbons (Fsp3) is 0.333. The molecule has 28 heavy (non-hydrogen) atoms. The zero-order valence-electron chi connectivity index (χ0n) is 14.5. The Morgan fingerprint density at radius 3 is 2.39 bits per heavy atom. The van der Waals surface area contributed by atoms with Crippen molar-refractivity contribution in [1.82, 2.24) is 9.88 Å². The number of anilines is 1. The second kappa shape index (κ2) is 8.92. The maximum Gasteiger partial charge on any atom is 0.417 e. The first-order valence-electron chi connectivity index (χ1n) is 8.38. The van der Waals surface area contributed by atoms with Crippen LogP contribution in [0.1, 0.15) is 5.56 Å². The van der Waals surface area contributed by atoms with Crippen LogP contribution in [0.15, 0.2) is 45.9 Å². The zero-order chi connectivity index (χ0) is 20.3. The Labute approximate surface area is 178 Å². The molecule has 0 atom stereocenters. The van der Waals surface area contributed by atoms with E-state index in [0.717, 1.165) is 21.6 Å². The SMILES string of the molecule is O=C(CSc1ccc(Br)cc1)N1CCN(c2ncc(C(F)(F)F)cc2Cl)CC1. The van der Waals surface area contributed by atoms with Gasteiger partial charge < -0.3 is 9.80 Å². The fourth-order valence-corrected chi connectivity index (χ4v) is 4.10. The van der Waals surface area contributed by atoms with E-state index in [1.807, 2.05) is 24.3 Å². The quantitative estimate of drug-likeness (QED) is 0.563. The van der Waals surface area contributed by atoms with Gasteiger partial charge in [-0.1, -0.05) is 27.5 Å². The number of piperazine rings is 1. The van der Waals surface area contributed by atoms with E-state index in [1.165, 1.54) is 11.8 Å². The van der Waals surface area contributed by atoms with Crippen LogP contribution in [0.4, 0.5) is 19.0 Å². The molecule has 10 heteroatoms. The molecule has 1 aliphatic rings. The zero-order valence-corrected chi connectivity index (χ0v) is 17.7. The highest BCUT2D eigenvalue weighted by Crippen LogP contribution is 2.33. The van der Waals surface area contributed by atoms with Crippen LogP contribution < -0.4 is 4.90 Å². The van der Waals surface area contributed by atoms with Crippen molar-refractivity contribution in [3.05, 3.63) is 51.6 Å². The molecule has 1 fully saturated rings. The summed E-state index contributed by atoms with van der Waals surface area (Å²) in [5.41, 5.74) is -0.875. The molecule has 2 aromatic rings. The predicted molar refractivity (Wildman–Crippen MR) is 108 cm³/mol. The normalized spacial score (nSPS) is 15.0. The van der Waals surface area contributed by atoms with Crippen LogP contribution >= 0.6 is 39.3 Å². The number of halogens is 5. The van der Waals surface area contributed by atoms with Gasteiger partial charge in [-0.3, -0.25) is 4.79 Å². The lowest BCUT2D eigenvalue weighted by molar-refractivity contribution is -0.137. The largest absolute Gasteiger partial charge is 0.417 e. The van der Waals surface area contributed by atoms with E-state index >= 15 is 0 Å². The molecular formula is C18H16BrClF3N3OS. The number of alkyl halides is 3. The number of thioether (sulfide) groups is 1. The second-order valence-electron chi connectivity index (χ2n) is 6.14. The number of nitrogens with zero attached hydrogens (tertiary/aromatic N) is 3. The lowest BCUT2D eigenvalue weighted by Gasteiger charge is -2.35. The Kier molecular flexibility index (Phi) is 6.77. The number of carbonyl (C=O) groups excluding carboxylic acids is 1. The number of benzene rings is 1. The van der Waals surface area contributed by atoms with Gasteiger partial charge >= 0.3 is 6.18 Å². The molecule has 3 rings (SSSR count). The summed E-state index contributed by atoms with van der Waals surface area (Å²) in [5.74, 6) is 0.672. The van der Waals surface area contributed by atoms with Gasteiger partial charge in [0.15, 0.2) is 0 Å². The van der Waals surface area contributed by atoms with Crippen LogP contribution in [0.3, 0.4) is 0 Å². The average Bonchev–Trinajstić information content (AvgIpc) is 2.67. The molecule has 0 spiro atoms. The Morgan fingerprint density at radius 1 is 1.18 bits per heavy atom. The minimum atomic E-state index is -4.48. The topological polar surface area (TPSA) is 36.4 Å². The first kappa shape index (κ1) is 21.3. The van der Waals surface area contributed by atoms with Crippen molar-refractivity contribution in [1.29, 1.82) is 0 Å². The molecule has 1 aromatic carbocycles. The van der Waals surface area contributed by atoms with Crippen molar-refractivity contribution in [2.24, 2.45) is 0 Å². The summed E-state index contributed by atoms with van der Waals surface area (Å²) in [7, 11) is 0. The van der Waals surface area contributed by atoms with Crippen molar-refractivity contribution in [3.63, 3.8) is 0 Å². The molecular weight excluding hydrogens is 479 g/mol. The Morgan fingerprint density at radius 2 is 1.82 bits per heavy atom. The van der Waals surface area contributed by atoms with Crippen LogP contribution in [0.5, 0.6) is 0 Å². The molecule has 2 heterocycles. The lowest BCUT2D eigenvalue weighted by atomic mass is 10.2. The number of hydrogen-bond donors (Lipinski definition) is 0. The van der Waals surface area contributed by atoms with Gasteiger partial charge in [-0.2, -0.15) is 13.2 Å². The van der Waals surface area contributed by atoms with Crippen molar-refractivity contribution in [3.8, 4) is 0 Å². The summed E-state index contributed by atoms with van der Waals surface area (Å²) in [6.45, 7) is 1.87. The van der Waals surface area contributed by atoms with Crippen molar-refractivity contribution in [2.75, 3.05) is 36.8 Å². The van der Waals surface area contributed by atoms with Crippen LogP contribution in [0.25, 0.3) is 0 Å².